The van der Waals surface area contributed by atoms with Crippen molar-refractivity contribution in [2.24, 2.45) is 0 Å². The Kier molecular flexibility index (Phi) is 6.29. The van der Waals surface area contributed by atoms with Gasteiger partial charge in [0.05, 0.1) is 6.04 Å². The maximum absolute atomic E-state index is 12.8. The van der Waals surface area contributed by atoms with Crippen molar-refractivity contribution < 1.29 is 14.2 Å². The van der Waals surface area contributed by atoms with Gasteiger partial charge < -0.3 is 5.32 Å². The Morgan fingerprint density at radius 2 is 1.10 bits per heavy atom. The summed E-state index contributed by atoms with van der Waals surface area (Å²) in [4.78, 5) is 25.4. The van der Waals surface area contributed by atoms with E-state index in [2.05, 4.69) is 5.32 Å². The largest absolute Gasteiger partial charge is 0.340 e. The molecular formula is C27H23N2O2+. The van der Waals surface area contributed by atoms with Crippen molar-refractivity contribution >= 4 is 11.7 Å². The van der Waals surface area contributed by atoms with E-state index in [9.17, 15) is 9.59 Å². The van der Waals surface area contributed by atoms with Crippen LogP contribution in [0.4, 0.5) is 0 Å². The lowest BCUT2D eigenvalue weighted by Crippen LogP contribution is -2.43. The average molecular weight is 407 g/mol. The molecule has 0 spiro atoms. The van der Waals surface area contributed by atoms with E-state index in [1.165, 1.54) is 0 Å². The molecule has 31 heavy (non-hydrogen) atoms. The van der Waals surface area contributed by atoms with Crippen LogP contribution in [-0.2, 0) is 11.3 Å². The van der Waals surface area contributed by atoms with Gasteiger partial charge in [-0.05, 0) is 11.1 Å². The first-order chi connectivity index (χ1) is 15.2. The van der Waals surface area contributed by atoms with Crippen molar-refractivity contribution in [3.63, 3.8) is 0 Å². The number of hydrogen-bond acceptors (Lipinski definition) is 2. The van der Waals surface area contributed by atoms with Gasteiger partial charge in [0.15, 0.2) is 18.2 Å². The zero-order valence-electron chi connectivity index (χ0n) is 17.0. The van der Waals surface area contributed by atoms with Crippen LogP contribution in [0.15, 0.2) is 116 Å². The number of amides is 1. The minimum absolute atomic E-state index is 0.0366. The Balaban J connectivity index is 1.46. The molecule has 1 heterocycles. The minimum Gasteiger partial charge on any atom is -0.340 e. The molecular weight excluding hydrogens is 384 g/mol. The van der Waals surface area contributed by atoms with Gasteiger partial charge >= 0.3 is 0 Å². The Morgan fingerprint density at radius 1 is 0.645 bits per heavy atom. The molecule has 0 aliphatic heterocycles. The first kappa shape index (κ1) is 20.2. The van der Waals surface area contributed by atoms with Crippen molar-refractivity contribution in [1.29, 1.82) is 0 Å². The van der Waals surface area contributed by atoms with Crippen LogP contribution in [0.2, 0.25) is 0 Å². The summed E-state index contributed by atoms with van der Waals surface area (Å²) < 4.78 is 1.77. The quantitative estimate of drug-likeness (QED) is 0.370. The third kappa shape index (κ3) is 5.11. The number of carbonyl (C=O) groups excluding carboxylic acids is 2. The van der Waals surface area contributed by atoms with E-state index in [1.54, 1.807) is 41.2 Å². The number of pyridine rings is 1. The smallest absolute Gasteiger partial charge is 0.286 e. The van der Waals surface area contributed by atoms with Crippen LogP contribution in [0.25, 0.3) is 0 Å². The molecule has 4 aromatic rings. The molecule has 1 aromatic heterocycles. The third-order valence-corrected chi connectivity index (χ3v) is 5.09. The summed E-state index contributed by atoms with van der Waals surface area (Å²) >= 11 is 0. The van der Waals surface area contributed by atoms with Crippen molar-refractivity contribution in [3.8, 4) is 0 Å². The second kappa shape index (κ2) is 9.63. The summed E-state index contributed by atoms with van der Waals surface area (Å²) in [6.45, 7) is 0.163. The van der Waals surface area contributed by atoms with E-state index in [0.29, 0.717) is 11.1 Å². The Morgan fingerprint density at radius 3 is 1.61 bits per heavy atom. The second-order valence-corrected chi connectivity index (χ2v) is 7.28. The zero-order chi connectivity index (χ0) is 21.5. The SMILES string of the molecule is O=C(C[n+]1ccc(C(=O)c2ccccc2)cc1)NC(c1ccccc1)c1ccccc1. The van der Waals surface area contributed by atoms with E-state index in [1.807, 2.05) is 78.9 Å². The van der Waals surface area contributed by atoms with Crippen molar-refractivity contribution in [3.05, 3.63) is 138 Å². The van der Waals surface area contributed by atoms with Crippen molar-refractivity contribution in [2.45, 2.75) is 12.6 Å². The van der Waals surface area contributed by atoms with Crippen LogP contribution in [0, 0.1) is 0 Å². The number of rotatable bonds is 7. The van der Waals surface area contributed by atoms with Gasteiger partial charge in [-0.1, -0.05) is 91.0 Å². The van der Waals surface area contributed by atoms with Gasteiger partial charge in [0.2, 0.25) is 6.54 Å². The van der Waals surface area contributed by atoms with Gasteiger partial charge in [-0.3, -0.25) is 9.59 Å². The number of ketones is 1. The lowest BCUT2D eigenvalue weighted by molar-refractivity contribution is -0.684. The number of nitrogens with one attached hydrogen (secondary N) is 1. The van der Waals surface area contributed by atoms with E-state index >= 15 is 0 Å². The molecule has 0 atom stereocenters. The van der Waals surface area contributed by atoms with E-state index < -0.39 is 0 Å². The topological polar surface area (TPSA) is 50.0 Å². The summed E-state index contributed by atoms with van der Waals surface area (Å²) in [6.07, 6.45) is 3.52. The first-order valence-corrected chi connectivity index (χ1v) is 10.2. The Bertz CT molecular complexity index is 1100. The molecule has 4 rings (SSSR count). The molecule has 0 unspecified atom stereocenters. The predicted octanol–water partition coefficient (Wildman–Crippen LogP) is 4.11. The monoisotopic (exact) mass is 407 g/mol. The highest BCUT2D eigenvalue weighted by molar-refractivity contribution is 6.08. The molecule has 0 aliphatic rings. The number of hydrogen-bond donors (Lipinski definition) is 1. The highest BCUT2D eigenvalue weighted by Crippen LogP contribution is 2.21. The molecule has 1 N–H and O–H groups in total. The molecule has 3 aromatic carbocycles. The van der Waals surface area contributed by atoms with Gasteiger partial charge in [0, 0.05) is 23.3 Å². The van der Waals surface area contributed by atoms with Crippen LogP contribution in [0.3, 0.4) is 0 Å². The maximum atomic E-state index is 12.8. The van der Waals surface area contributed by atoms with Gasteiger partial charge in [0.25, 0.3) is 5.91 Å². The van der Waals surface area contributed by atoms with Crippen LogP contribution in [0.5, 0.6) is 0 Å². The van der Waals surface area contributed by atoms with E-state index in [0.717, 1.165) is 11.1 Å². The van der Waals surface area contributed by atoms with Gasteiger partial charge in [0.1, 0.15) is 0 Å². The van der Waals surface area contributed by atoms with Gasteiger partial charge in [-0.15, -0.1) is 0 Å². The number of carbonyl (C=O) groups is 2. The van der Waals surface area contributed by atoms with Gasteiger partial charge in [-0.2, -0.15) is 4.57 Å². The summed E-state index contributed by atoms with van der Waals surface area (Å²) in [7, 11) is 0. The highest BCUT2D eigenvalue weighted by atomic mass is 16.2. The number of aromatic nitrogens is 1. The Hall–Kier alpha value is -4.05. The van der Waals surface area contributed by atoms with E-state index in [-0.39, 0.29) is 24.3 Å². The maximum Gasteiger partial charge on any atom is 0.286 e. The molecule has 0 fully saturated rings. The summed E-state index contributed by atoms with van der Waals surface area (Å²) in [5, 5.41) is 3.13. The number of benzene rings is 3. The molecule has 1 amide bonds. The number of nitrogens with zero attached hydrogens (tertiary/aromatic N) is 1. The highest BCUT2D eigenvalue weighted by Gasteiger charge is 2.19. The lowest BCUT2D eigenvalue weighted by Gasteiger charge is -2.19. The average Bonchev–Trinajstić information content (AvgIpc) is 2.84. The predicted molar refractivity (Wildman–Crippen MR) is 119 cm³/mol. The fourth-order valence-corrected chi connectivity index (χ4v) is 3.49. The van der Waals surface area contributed by atoms with Crippen molar-refractivity contribution in [1.82, 2.24) is 5.32 Å². The Labute approximate surface area is 181 Å². The molecule has 4 heteroatoms. The van der Waals surface area contributed by atoms with Gasteiger partial charge in [-0.25, -0.2) is 0 Å². The summed E-state index contributed by atoms with van der Waals surface area (Å²) in [5.74, 6) is -0.143. The van der Waals surface area contributed by atoms with Crippen LogP contribution in [-0.4, -0.2) is 11.7 Å². The molecule has 0 aliphatic carbocycles. The normalized spacial score (nSPS) is 10.6. The lowest BCUT2D eigenvalue weighted by atomic mass is 9.99. The molecule has 0 bridgehead atoms. The molecule has 0 radical (unpaired) electrons. The molecule has 0 saturated carbocycles. The summed E-state index contributed by atoms with van der Waals surface area (Å²) in [5.41, 5.74) is 3.28. The molecule has 4 nitrogen and oxygen atoms in total. The first-order valence-electron chi connectivity index (χ1n) is 10.2. The van der Waals surface area contributed by atoms with Crippen LogP contribution in [0.1, 0.15) is 33.1 Å². The fourth-order valence-electron chi connectivity index (χ4n) is 3.49. The zero-order valence-corrected chi connectivity index (χ0v) is 17.0. The fraction of sp³-hybridized carbons (Fsp3) is 0.0741. The molecule has 152 valence electrons. The van der Waals surface area contributed by atoms with Crippen LogP contribution >= 0.6 is 0 Å². The van der Waals surface area contributed by atoms with E-state index in [4.69, 9.17) is 0 Å². The van der Waals surface area contributed by atoms with Crippen LogP contribution < -0.4 is 9.88 Å². The van der Waals surface area contributed by atoms with Crippen molar-refractivity contribution in [2.75, 3.05) is 0 Å². The summed E-state index contributed by atoms with van der Waals surface area (Å²) in [6, 6.07) is 32.2. The second-order valence-electron chi connectivity index (χ2n) is 7.28. The minimum atomic E-state index is -0.227. The molecule has 0 saturated heterocycles. The standard InChI is InChI=1S/C27H22N2O2/c30-25(28-26(21-10-4-1-5-11-21)22-12-6-2-7-13-22)20-29-18-16-24(17-19-29)27(31)23-14-8-3-9-15-23/h1-19,26H,20H2/p+1. The third-order valence-electron chi connectivity index (χ3n) is 5.09.